The first-order valence-corrected chi connectivity index (χ1v) is 7.07. The third-order valence-electron chi connectivity index (χ3n) is 4.55. The maximum atomic E-state index is 12.4. The van der Waals surface area contributed by atoms with Crippen LogP contribution in [0, 0.1) is 23.7 Å². The highest BCUT2D eigenvalue weighted by atomic mass is 32.1. The summed E-state index contributed by atoms with van der Waals surface area (Å²) < 4.78 is 0. The van der Waals surface area contributed by atoms with Crippen LogP contribution in [0.1, 0.15) is 32.6 Å². The minimum absolute atomic E-state index is 0.0287. The van der Waals surface area contributed by atoms with E-state index in [4.69, 9.17) is 18.0 Å². The van der Waals surface area contributed by atoms with Crippen LogP contribution in [0.15, 0.2) is 0 Å². The van der Waals surface area contributed by atoms with Gasteiger partial charge in [0.2, 0.25) is 11.8 Å². The van der Waals surface area contributed by atoms with Crippen molar-refractivity contribution in [3.05, 3.63) is 0 Å². The molecular weight excluding hydrogens is 248 g/mol. The zero-order chi connectivity index (χ0) is 13.0. The lowest BCUT2D eigenvalue weighted by molar-refractivity contribution is -0.142. The summed E-state index contributed by atoms with van der Waals surface area (Å²) in [5, 5.41) is 0. The third kappa shape index (κ3) is 1.67. The Hall–Kier alpha value is -0.970. The highest BCUT2D eigenvalue weighted by Gasteiger charge is 2.56. The number of nitrogens with zero attached hydrogens (tertiary/aromatic N) is 1. The molecule has 0 bridgehead atoms. The van der Waals surface area contributed by atoms with Crippen LogP contribution in [0.2, 0.25) is 0 Å². The number of fused-ring (bicyclic) bond motifs is 1. The molecule has 3 rings (SSSR count). The van der Waals surface area contributed by atoms with Crippen molar-refractivity contribution in [3.8, 4) is 0 Å². The van der Waals surface area contributed by atoms with E-state index in [0.717, 1.165) is 25.7 Å². The fourth-order valence-electron chi connectivity index (χ4n) is 3.56. The molecule has 2 saturated carbocycles. The minimum Gasteiger partial charge on any atom is -0.392 e. The summed E-state index contributed by atoms with van der Waals surface area (Å²) in [6.45, 7) is 2.11. The Bertz CT molecular complexity index is 409. The number of hydrogen-bond acceptors (Lipinski definition) is 3. The fraction of sp³-hybridized carbons (Fsp3) is 0.769. The van der Waals surface area contributed by atoms with Gasteiger partial charge < -0.3 is 5.73 Å². The minimum atomic E-state index is -0.319. The molecule has 3 aliphatic rings. The normalized spacial score (nSPS) is 36.9. The standard InChI is InChI=1S/C13H18N2O2S/c1-6-4-8-9(5-6)13(17)15(12(8)16)10(11(14)18)7-2-3-7/h6-10H,2-5H2,1H3,(H2,14,18). The average Bonchev–Trinajstić information content (AvgIpc) is 3.01. The van der Waals surface area contributed by atoms with Crippen LogP contribution in [0.3, 0.4) is 0 Å². The molecule has 3 unspecified atom stereocenters. The van der Waals surface area contributed by atoms with Gasteiger partial charge in [0.15, 0.2) is 0 Å². The number of imide groups is 1. The summed E-state index contributed by atoms with van der Waals surface area (Å²) in [5.74, 6) is 0.509. The topological polar surface area (TPSA) is 63.4 Å². The van der Waals surface area contributed by atoms with Gasteiger partial charge in [0.1, 0.15) is 0 Å². The molecule has 3 atom stereocenters. The second kappa shape index (κ2) is 4.02. The van der Waals surface area contributed by atoms with E-state index < -0.39 is 0 Å². The molecular formula is C13H18N2O2S. The number of amides is 2. The van der Waals surface area contributed by atoms with Gasteiger partial charge in [-0.2, -0.15) is 0 Å². The van der Waals surface area contributed by atoms with Crippen LogP contribution in [0.25, 0.3) is 0 Å². The summed E-state index contributed by atoms with van der Waals surface area (Å²) >= 11 is 5.06. The molecule has 4 nitrogen and oxygen atoms in total. The summed E-state index contributed by atoms with van der Waals surface area (Å²) in [7, 11) is 0. The second-order valence-corrected chi connectivity index (χ2v) is 6.49. The van der Waals surface area contributed by atoms with Crippen LogP contribution < -0.4 is 5.73 Å². The summed E-state index contributed by atoms with van der Waals surface area (Å²) in [6, 6.07) is -0.319. The number of thiocarbonyl (C=S) groups is 1. The van der Waals surface area contributed by atoms with E-state index in [1.807, 2.05) is 0 Å². The van der Waals surface area contributed by atoms with Gasteiger partial charge in [0, 0.05) is 0 Å². The molecule has 2 N–H and O–H groups in total. The Morgan fingerprint density at radius 1 is 1.28 bits per heavy atom. The van der Waals surface area contributed by atoms with E-state index in [0.29, 0.717) is 16.8 Å². The van der Waals surface area contributed by atoms with Gasteiger partial charge in [-0.25, -0.2) is 0 Å². The summed E-state index contributed by atoms with van der Waals surface area (Å²) in [6.07, 6.45) is 3.70. The predicted molar refractivity (Wildman–Crippen MR) is 70.5 cm³/mol. The maximum absolute atomic E-state index is 12.4. The van der Waals surface area contributed by atoms with E-state index in [2.05, 4.69) is 6.92 Å². The highest BCUT2D eigenvalue weighted by Crippen LogP contribution is 2.46. The molecule has 18 heavy (non-hydrogen) atoms. The van der Waals surface area contributed by atoms with Crippen molar-refractivity contribution >= 4 is 29.0 Å². The number of likely N-dealkylation sites (tertiary alicyclic amines) is 1. The Morgan fingerprint density at radius 2 is 1.78 bits per heavy atom. The van der Waals surface area contributed by atoms with Crippen molar-refractivity contribution in [2.24, 2.45) is 29.4 Å². The van der Waals surface area contributed by atoms with Gasteiger partial charge >= 0.3 is 0 Å². The Balaban J connectivity index is 1.87. The highest BCUT2D eigenvalue weighted by molar-refractivity contribution is 7.80. The van der Waals surface area contributed by atoms with Crippen LogP contribution in [0.4, 0.5) is 0 Å². The second-order valence-electron chi connectivity index (χ2n) is 6.02. The van der Waals surface area contributed by atoms with Crippen LogP contribution in [0.5, 0.6) is 0 Å². The lowest BCUT2D eigenvalue weighted by Gasteiger charge is -2.26. The van der Waals surface area contributed by atoms with Crippen molar-refractivity contribution in [2.45, 2.75) is 38.6 Å². The van der Waals surface area contributed by atoms with Crippen LogP contribution in [-0.2, 0) is 9.59 Å². The first-order valence-electron chi connectivity index (χ1n) is 6.67. The number of rotatable bonds is 3. The van der Waals surface area contributed by atoms with Crippen molar-refractivity contribution in [1.29, 1.82) is 0 Å². The third-order valence-corrected chi connectivity index (χ3v) is 4.79. The van der Waals surface area contributed by atoms with Crippen molar-refractivity contribution in [3.63, 3.8) is 0 Å². The molecule has 2 aliphatic carbocycles. The Labute approximate surface area is 112 Å². The lowest BCUT2D eigenvalue weighted by atomic mass is 10.00. The first kappa shape index (κ1) is 12.1. The molecule has 0 aromatic carbocycles. The van der Waals surface area contributed by atoms with Gasteiger partial charge in [0.05, 0.1) is 22.9 Å². The quantitative estimate of drug-likeness (QED) is 0.613. The van der Waals surface area contributed by atoms with E-state index in [9.17, 15) is 9.59 Å². The van der Waals surface area contributed by atoms with Crippen LogP contribution in [-0.4, -0.2) is 27.7 Å². The molecule has 1 saturated heterocycles. The molecule has 2 amide bonds. The lowest BCUT2D eigenvalue weighted by Crippen LogP contribution is -2.49. The SMILES string of the molecule is CC1CC2C(=O)N(C(C(N)=S)C3CC3)C(=O)C2C1. The summed E-state index contributed by atoms with van der Waals surface area (Å²) in [5.41, 5.74) is 5.74. The van der Waals surface area contributed by atoms with Gasteiger partial charge in [-0.15, -0.1) is 0 Å². The number of hydrogen-bond donors (Lipinski definition) is 1. The molecule has 5 heteroatoms. The van der Waals surface area contributed by atoms with E-state index in [1.54, 1.807) is 0 Å². The first-order chi connectivity index (χ1) is 8.50. The molecule has 0 aromatic heterocycles. The van der Waals surface area contributed by atoms with E-state index >= 15 is 0 Å². The Kier molecular flexibility index (Phi) is 2.70. The van der Waals surface area contributed by atoms with Gasteiger partial charge in [-0.3, -0.25) is 14.5 Å². The largest absolute Gasteiger partial charge is 0.392 e. The molecule has 0 spiro atoms. The zero-order valence-electron chi connectivity index (χ0n) is 10.5. The summed E-state index contributed by atoms with van der Waals surface area (Å²) in [4.78, 5) is 26.5. The van der Waals surface area contributed by atoms with Crippen LogP contribution >= 0.6 is 12.2 Å². The van der Waals surface area contributed by atoms with Gasteiger partial charge in [-0.1, -0.05) is 19.1 Å². The number of nitrogens with two attached hydrogens (primary N) is 1. The fourth-order valence-corrected chi connectivity index (χ4v) is 3.86. The maximum Gasteiger partial charge on any atom is 0.233 e. The van der Waals surface area contributed by atoms with Crippen molar-refractivity contribution < 1.29 is 9.59 Å². The zero-order valence-corrected chi connectivity index (χ0v) is 11.3. The molecule has 98 valence electrons. The van der Waals surface area contributed by atoms with E-state index in [-0.39, 0.29) is 29.7 Å². The van der Waals surface area contributed by atoms with Crippen molar-refractivity contribution in [2.75, 3.05) is 0 Å². The number of carbonyl (C=O) groups excluding carboxylic acids is 2. The molecule has 0 aromatic rings. The molecule has 1 aliphatic heterocycles. The molecule has 1 heterocycles. The van der Waals surface area contributed by atoms with Gasteiger partial charge in [0.25, 0.3) is 0 Å². The van der Waals surface area contributed by atoms with E-state index in [1.165, 1.54) is 4.90 Å². The van der Waals surface area contributed by atoms with Crippen molar-refractivity contribution in [1.82, 2.24) is 4.90 Å². The monoisotopic (exact) mass is 266 g/mol. The number of carbonyl (C=O) groups is 2. The molecule has 3 fully saturated rings. The smallest absolute Gasteiger partial charge is 0.233 e. The molecule has 0 radical (unpaired) electrons. The predicted octanol–water partition coefficient (Wildman–Crippen LogP) is 1.08. The average molecular weight is 266 g/mol. The van der Waals surface area contributed by atoms with Gasteiger partial charge in [-0.05, 0) is 37.5 Å². The Morgan fingerprint density at radius 3 is 2.17 bits per heavy atom.